The van der Waals surface area contributed by atoms with Gasteiger partial charge in [-0.2, -0.15) is 0 Å². The molecular formula is C20H22N2O2. The Morgan fingerprint density at radius 1 is 0.875 bits per heavy atom. The molecule has 3 amide bonds. The summed E-state index contributed by atoms with van der Waals surface area (Å²) in [4.78, 5) is 28.3. The number of benzene rings is 2. The van der Waals surface area contributed by atoms with E-state index in [1.54, 1.807) is 11.8 Å². The van der Waals surface area contributed by atoms with E-state index in [0.29, 0.717) is 6.54 Å². The van der Waals surface area contributed by atoms with Crippen LogP contribution in [0.3, 0.4) is 0 Å². The molecule has 1 aliphatic rings. The zero-order valence-corrected chi connectivity index (χ0v) is 14.5. The van der Waals surface area contributed by atoms with Crippen molar-refractivity contribution in [1.82, 2.24) is 4.90 Å². The highest BCUT2D eigenvalue weighted by molar-refractivity contribution is 6.13. The third-order valence-corrected chi connectivity index (χ3v) is 4.38. The fourth-order valence-corrected chi connectivity index (χ4v) is 3.25. The van der Waals surface area contributed by atoms with Crippen LogP contribution in [-0.4, -0.2) is 22.9 Å². The molecule has 1 heterocycles. The van der Waals surface area contributed by atoms with Crippen molar-refractivity contribution in [3.05, 3.63) is 64.7 Å². The first-order chi connectivity index (χ1) is 11.4. The van der Waals surface area contributed by atoms with Gasteiger partial charge < -0.3 is 0 Å². The van der Waals surface area contributed by atoms with E-state index >= 15 is 0 Å². The Morgan fingerprint density at radius 2 is 1.46 bits per heavy atom. The summed E-state index contributed by atoms with van der Waals surface area (Å²) >= 11 is 0. The first kappa shape index (κ1) is 16.2. The van der Waals surface area contributed by atoms with Gasteiger partial charge in [0.1, 0.15) is 6.04 Å². The number of hydrogen-bond acceptors (Lipinski definition) is 2. The molecule has 2 aromatic carbocycles. The van der Waals surface area contributed by atoms with E-state index in [-0.39, 0.29) is 11.9 Å². The van der Waals surface area contributed by atoms with Crippen LogP contribution in [0.25, 0.3) is 0 Å². The van der Waals surface area contributed by atoms with E-state index in [1.165, 1.54) is 4.90 Å². The Balaban J connectivity index is 1.88. The molecule has 0 bridgehead atoms. The van der Waals surface area contributed by atoms with Crippen molar-refractivity contribution in [2.24, 2.45) is 0 Å². The lowest BCUT2D eigenvalue weighted by atomic mass is 10.1. The van der Waals surface area contributed by atoms with Crippen LogP contribution in [0.1, 0.15) is 29.2 Å². The molecule has 124 valence electrons. The van der Waals surface area contributed by atoms with Gasteiger partial charge in [-0.15, -0.1) is 0 Å². The second kappa shape index (κ2) is 6.11. The fraction of sp³-hybridized carbons (Fsp3) is 0.300. The molecule has 24 heavy (non-hydrogen) atoms. The summed E-state index contributed by atoms with van der Waals surface area (Å²) in [6.45, 7) is 8.13. The highest BCUT2D eigenvalue weighted by Gasteiger charge is 2.43. The first-order valence-corrected chi connectivity index (χ1v) is 8.15. The van der Waals surface area contributed by atoms with Crippen molar-refractivity contribution >= 4 is 17.6 Å². The molecule has 2 aromatic rings. The standard InChI is InChI=1S/C20H22N2O2/c1-13-5-7-18(8-6-13)22-16(4)19(23)21(20(22)24)12-17-10-14(2)9-15(3)11-17/h5-11,16H,12H2,1-4H3. The van der Waals surface area contributed by atoms with Crippen LogP contribution in [0.2, 0.25) is 0 Å². The van der Waals surface area contributed by atoms with Gasteiger partial charge in [-0.1, -0.05) is 47.0 Å². The number of anilines is 1. The maximum absolute atomic E-state index is 12.8. The second-order valence-corrected chi connectivity index (χ2v) is 6.58. The van der Waals surface area contributed by atoms with E-state index in [0.717, 1.165) is 27.9 Å². The van der Waals surface area contributed by atoms with Crippen LogP contribution in [-0.2, 0) is 11.3 Å². The molecule has 4 heteroatoms. The maximum Gasteiger partial charge on any atom is 0.332 e. The Bertz CT molecular complexity index is 776. The minimum absolute atomic E-state index is 0.153. The summed E-state index contributed by atoms with van der Waals surface area (Å²) in [6, 6.07) is 13.1. The lowest BCUT2D eigenvalue weighted by molar-refractivity contribution is -0.127. The zero-order chi connectivity index (χ0) is 17.4. The third-order valence-electron chi connectivity index (χ3n) is 4.38. The molecule has 0 N–H and O–H groups in total. The first-order valence-electron chi connectivity index (χ1n) is 8.15. The average Bonchev–Trinajstić information content (AvgIpc) is 2.71. The van der Waals surface area contributed by atoms with Gasteiger partial charge in [-0.3, -0.25) is 14.6 Å². The summed E-state index contributed by atoms with van der Waals surface area (Å²) < 4.78 is 0. The van der Waals surface area contributed by atoms with Crippen molar-refractivity contribution in [1.29, 1.82) is 0 Å². The zero-order valence-electron chi connectivity index (χ0n) is 14.5. The summed E-state index contributed by atoms with van der Waals surface area (Å²) in [5.41, 5.74) is 5.12. The van der Waals surface area contributed by atoms with Crippen LogP contribution >= 0.6 is 0 Å². The van der Waals surface area contributed by atoms with Crippen LogP contribution in [0.15, 0.2) is 42.5 Å². The Morgan fingerprint density at radius 3 is 2.04 bits per heavy atom. The van der Waals surface area contributed by atoms with Crippen molar-refractivity contribution in [3.8, 4) is 0 Å². The molecule has 0 spiro atoms. The van der Waals surface area contributed by atoms with Gasteiger partial charge in [0.25, 0.3) is 5.91 Å². The molecule has 1 aliphatic heterocycles. The van der Waals surface area contributed by atoms with Gasteiger partial charge in [-0.05, 0) is 45.4 Å². The second-order valence-electron chi connectivity index (χ2n) is 6.58. The molecule has 1 unspecified atom stereocenters. The highest BCUT2D eigenvalue weighted by Crippen LogP contribution is 2.27. The molecule has 1 atom stereocenters. The van der Waals surface area contributed by atoms with E-state index in [9.17, 15) is 9.59 Å². The van der Waals surface area contributed by atoms with Gasteiger partial charge in [0.15, 0.2) is 0 Å². The number of carbonyl (C=O) groups excluding carboxylic acids is 2. The number of imide groups is 1. The monoisotopic (exact) mass is 322 g/mol. The fourth-order valence-electron chi connectivity index (χ4n) is 3.25. The Kier molecular flexibility index (Phi) is 4.14. The normalized spacial score (nSPS) is 17.8. The number of rotatable bonds is 3. The molecule has 1 saturated heterocycles. The summed E-state index contributed by atoms with van der Waals surface area (Å²) in [7, 11) is 0. The Hall–Kier alpha value is -2.62. The van der Waals surface area contributed by atoms with Gasteiger partial charge in [0.2, 0.25) is 0 Å². The topological polar surface area (TPSA) is 40.6 Å². The smallest absolute Gasteiger partial charge is 0.282 e. The molecule has 0 aromatic heterocycles. The number of urea groups is 1. The van der Waals surface area contributed by atoms with Crippen molar-refractivity contribution in [2.45, 2.75) is 40.3 Å². The van der Waals surface area contributed by atoms with Crippen molar-refractivity contribution < 1.29 is 9.59 Å². The molecule has 1 fully saturated rings. The highest BCUT2D eigenvalue weighted by atomic mass is 16.2. The predicted molar refractivity (Wildman–Crippen MR) is 95.0 cm³/mol. The number of nitrogens with zero attached hydrogens (tertiary/aromatic N) is 2. The number of amides is 3. The molecule has 0 radical (unpaired) electrons. The molecule has 0 saturated carbocycles. The van der Waals surface area contributed by atoms with Crippen molar-refractivity contribution in [3.63, 3.8) is 0 Å². The van der Waals surface area contributed by atoms with E-state index in [2.05, 4.69) is 6.07 Å². The minimum Gasteiger partial charge on any atom is -0.282 e. The van der Waals surface area contributed by atoms with Gasteiger partial charge >= 0.3 is 6.03 Å². The molecule has 4 nitrogen and oxygen atoms in total. The number of hydrogen-bond donors (Lipinski definition) is 0. The predicted octanol–water partition coefficient (Wildman–Crippen LogP) is 3.97. The SMILES string of the molecule is Cc1ccc(N2C(=O)N(Cc3cc(C)cc(C)c3)C(=O)C2C)cc1. The molecule has 3 rings (SSSR count). The van der Waals surface area contributed by atoms with Gasteiger partial charge in [0, 0.05) is 5.69 Å². The summed E-state index contributed by atoms with van der Waals surface area (Å²) in [5, 5.41) is 0. The van der Waals surface area contributed by atoms with Gasteiger partial charge in [-0.25, -0.2) is 4.79 Å². The summed E-state index contributed by atoms with van der Waals surface area (Å²) in [6.07, 6.45) is 0. The lowest BCUT2D eigenvalue weighted by Crippen LogP contribution is -2.33. The van der Waals surface area contributed by atoms with Crippen LogP contribution < -0.4 is 4.90 Å². The third kappa shape index (κ3) is 2.92. The van der Waals surface area contributed by atoms with E-state index in [4.69, 9.17) is 0 Å². The lowest BCUT2D eigenvalue weighted by Gasteiger charge is -2.19. The van der Waals surface area contributed by atoms with Crippen molar-refractivity contribution in [2.75, 3.05) is 4.90 Å². The van der Waals surface area contributed by atoms with E-state index in [1.807, 2.05) is 57.2 Å². The quantitative estimate of drug-likeness (QED) is 0.802. The maximum atomic E-state index is 12.8. The van der Waals surface area contributed by atoms with Crippen LogP contribution in [0.5, 0.6) is 0 Å². The minimum atomic E-state index is -0.480. The summed E-state index contributed by atoms with van der Waals surface area (Å²) in [5.74, 6) is -0.153. The number of aryl methyl sites for hydroxylation is 3. The number of carbonyl (C=O) groups is 2. The van der Waals surface area contributed by atoms with Gasteiger partial charge in [0.05, 0.1) is 6.54 Å². The average molecular weight is 322 g/mol. The Labute approximate surface area is 142 Å². The van der Waals surface area contributed by atoms with Crippen LogP contribution in [0, 0.1) is 20.8 Å². The molecule has 0 aliphatic carbocycles. The van der Waals surface area contributed by atoms with E-state index < -0.39 is 6.04 Å². The largest absolute Gasteiger partial charge is 0.332 e. The van der Waals surface area contributed by atoms with Crippen LogP contribution in [0.4, 0.5) is 10.5 Å². The molecular weight excluding hydrogens is 300 g/mol.